The summed E-state index contributed by atoms with van der Waals surface area (Å²) in [6, 6.07) is 9.92. The van der Waals surface area contributed by atoms with E-state index in [2.05, 4.69) is 26.2 Å². The summed E-state index contributed by atoms with van der Waals surface area (Å²) in [5.74, 6) is 2.19. The Hall–Kier alpha value is -2.69. The molecular formula is C16H16N4O. The summed E-state index contributed by atoms with van der Waals surface area (Å²) in [7, 11) is 0. The van der Waals surface area contributed by atoms with E-state index in [1.807, 2.05) is 38.1 Å². The molecule has 21 heavy (non-hydrogen) atoms. The second kappa shape index (κ2) is 5.75. The van der Waals surface area contributed by atoms with Crippen LogP contribution in [0, 0.1) is 13.8 Å². The van der Waals surface area contributed by atoms with E-state index in [-0.39, 0.29) is 0 Å². The first-order chi connectivity index (χ1) is 10.2. The number of hydrogen-bond acceptors (Lipinski definition) is 4. The second-order valence-electron chi connectivity index (χ2n) is 4.91. The summed E-state index contributed by atoms with van der Waals surface area (Å²) in [5, 5.41) is 7.08. The molecule has 0 amide bonds. The number of rotatable bonds is 4. The number of nitrogens with zero attached hydrogens (tertiary/aromatic N) is 3. The van der Waals surface area contributed by atoms with Gasteiger partial charge in [0.2, 0.25) is 0 Å². The van der Waals surface area contributed by atoms with Gasteiger partial charge in [0.05, 0.1) is 0 Å². The van der Waals surface area contributed by atoms with Gasteiger partial charge in [-0.05, 0) is 43.2 Å². The number of ether oxygens (including phenoxy) is 1. The molecule has 2 aromatic heterocycles. The first-order valence-corrected chi connectivity index (χ1v) is 6.74. The lowest BCUT2D eigenvalue weighted by molar-refractivity contribution is 0.294. The van der Waals surface area contributed by atoms with Crippen LogP contribution in [-0.4, -0.2) is 20.2 Å². The third-order valence-electron chi connectivity index (χ3n) is 3.16. The van der Waals surface area contributed by atoms with Crippen molar-refractivity contribution in [3.63, 3.8) is 0 Å². The molecular weight excluding hydrogens is 264 g/mol. The number of aryl methyl sites for hydroxylation is 2. The van der Waals surface area contributed by atoms with E-state index in [0.717, 1.165) is 16.9 Å². The van der Waals surface area contributed by atoms with Crippen molar-refractivity contribution >= 4 is 0 Å². The van der Waals surface area contributed by atoms with Gasteiger partial charge in [-0.2, -0.15) is 5.10 Å². The smallest absolute Gasteiger partial charge is 0.182 e. The van der Waals surface area contributed by atoms with Gasteiger partial charge in [0, 0.05) is 18.0 Å². The van der Waals surface area contributed by atoms with Gasteiger partial charge < -0.3 is 4.74 Å². The van der Waals surface area contributed by atoms with Gasteiger partial charge in [-0.25, -0.2) is 4.98 Å². The minimum Gasteiger partial charge on any atom is -0.485 e. The molecule has 3 aromatic rings. The highest BCUT2D eigenvalue weighted by Gasteiger charge is 2.07. The normalized spacial score (nSPS) is 10.6. The van der Waals surface area contributed by atoms with Gasteiger partial charge in [0.1, 0.15) is 12.4 Å². The van der Waals surface area contributed by atoms with Gasteiger partial charge >= 0.3 is 0 Å². The van der Waals surface area contributed by atoms with E-state index in [0.29, 0.717) is 18.3 Å². The number of aromatic nitrogens is 4. The van der Waals surface area contributed by atoms with Crippen LogP contribution in [0.3, 0.4) is 0 Å². The van der Waals surface area contributed by atoms with Crippen molar-refractivity contribution in [2.45, 2.75) is 20.5 Å². The molecule has 0 atom stereocenters. The Morgan fingerprint density at radius 3 is 2.90 bits per heavy atom. The van der Waals surface area contributed by atoms with Crippen LogP contribution in [0.1, 0.15) is 17.0 Å². The fourth-order valence-corrected chi connectivity index (χ4v) is 1.99. The van der Waals surface area contributed by atoms with Crippen molar-refractivity contribution in [3.05, 3.63) is 59.7 Å². The lowest BCUT2D eigenvalue weighted by atomic mass is 10.1. The van der Waals surface area contributed by atoms with Crippen LogP contribution in [0.2, 0.25) is 0 Å². The molecule has 0 aliphatic heterocycles. The number of benzene rings is 1. The highest BCUT2D eigenvalue weighted by atomic mass is 16.5. The van der Waals surface area contributed by atoms with Gasteiger partial charge in [0.15, 0.2) is 11.6 Å². The van der Waals surface area contributed by atoms with Crippen LogP contribution in [0.4, 0.5) is 0 Å². The van der Waals surface area contributed by atoms with E-state index in [4.69, 9.17) is 4.74 Å². The maximum Gasteiger partial charge on any atom is 0.182 e. The second-order valence-corrected chi connectivity index (χ2v) is 4.91. The number of hydrogen-bond donors (Lipinski definition) is 1. The van der Waals surface area contributed by atoms with Crippen molar-refractivity contribution in [2.24, 2.45) is 0 Å². The van der Waals surface area contributed by atoms with Gasteiger partial charge in [-0.3, -0.25) is 10.1 Å². The van der Waals surface area contributed by atoms with Crippen LogP contribution >= 0.6 is 0 Å². The van der Waals surface area contributed by atoms with Gasteiger partial charge in [-0.1, -0.05) is 12.1 Å². The molecule has 5 heteroatoms. The zero-order chi connectivity index (χ0) is 14.7. The molecule has 0 radical (unpaired) electrons. The average molecular weight is 280 g/mol. The van der Waals surface area contributed by atoms with Crippen molar-refractivity contribution in [2.75, 3.05) is 0 Å². The van der Waals surface area contributed by atoms with E-state index >= 15 is 0 Å². The predicted molar refractivity (Wildman–Crippen MR) is 79.9 cm³/mol. The van der Waals surface area contributed by atoms with Crippen LogP contribution < -0.4 is 4.74 Å². The Morgan fingerprint density at radius 2 is 2.10 bits per heavy atom. The summed E-state index contributed by atoms with van der Waals surface area (Å²) in [5.41, 5.74) is 3.16. The number of aromatic amines is 1. The van der Waals surface area contributed by atoms with Crippen LogP contribution in [-0.2, 0) is 6.61 Å². The molecule has 1 N–H and O–H groups in total. The molecule has 0 bridgehead atoms. The maximum atomic E-state index is 5.80. The number of pyridine rings is 1. The number of H-pyrrole nitrogens is 1. The molecule has 0 fully saturated rings. The Labute approximate surface area is 123 Å². The summed E-state index contributed by atoms with van der Waals surface area (Å²) < 4.78 is 5.80. The summed E-state index contributed by atoms with van der Waals surface area (Å²) in [6.45, 7) is 4.43. The van der Waals surface area contributed by atoms with Gasteiger partial charge in [-0.15, -0.1) is 0 Å². The lowest BCUT2D eigenvalue weighted by Crippen LogP contribution is -1.99. The number of nitrogens with one attached hydrogen (secondary N) is 1. The van der Waals surface area contributed by atoms with Crippen LogP contribution in [0.25, 0.3) is 11.4 Å². The molecule has 0 unspecified atom stereocenters. The highest BCUT2D eigenvalue weighted by molar-refractivity contribution is 5.52. The SMILES string of the molecule is Cc1ccc(C)c(OCc2nc(-c3cccnc3)n[nH]2)c1. The first kappa shape index (κ1) is 13.3. The molecule has 0 saturated heterocycles. The van der Waals surface area contributed by atoms with E-state index in [1.54, 1.807) is 12.4 Å². The van der Waals surface area contributed by atoms with Crippen molar-refractivity contribution in [1.29, 1.82) is 0 Å². The molecule has 3 rings (SSSR count). The van der Waals surface area contributed by atoms with E-state index in [1.165, 1.54) is 5.56 Å². The average Bonchev–Trinajstić information content (AvgIpc) is 2.98. The topological polar surface area (TPSA) is 63.7 Å². The lowest BCUT2D eigenvalue weighted by Gasteiger charge is -2.08. The fraction of sp³-hybridized carbons (Fsp3) is 0.188. The molecule has 0 aliphatic rings. The van der Waals surface area contributed by atoms with Crippen molar-refractivity contribution < 1.29 is 4.74 Å². The van der Waals surface area contributed by atoms with Crippen molar-refractivity contribution in [3.8, 4) is 17.1 Å². The maximum absolute atomic E-state index is 5.80. The largest absolute Gasteiger partial charge is 0.485 e. The zero-order valence-electron chi connectivity index (χ0n) is 12.0. The first-order valence-electron chi connectivity index (χ1n) is 6.74. The Kier molecular flexibility index (Phi) is 3.64. The zero-order valence-corrected chi connectivity index (χ0v) is 12.0. The molecule has 106 valence electrons. The standard InChI is InChI=1S/C16H16N4O/c1-11-5-6-12(2)14(8-11)21-10-15-18-16(20-19-15)13-4-3-7-17-9-13/h3-9H,10H2,1-2H3,(H,18,19,20). The Bertz CT molecular complexity index is 737. The van der Waals surface area contributed by atoms with Crippen LogP contribution in [0.5, 0.6) is 5.75 Å². The van der Waals surface area contributed by atoms with E-state index in [9.17, 15) is 0 Å². The molecule has 1 aromatic carbocycles. The van der Waals surface area contributed by atoms with Crippen LogP contribution in [0.15, 0.2) is 42.7 Å². The van der Waals surface area contributed by atoms with Gasteiger partial charge in [0.25, 0.3) is 0 Å². The predicted octanol–water partition coefficient (Wildman–Crippen LogP) is 3.06. The Morgan fingerprint density at radius 1 is 1.19 bits per heavy atom. The van der Waals surface area contributed by atoms with Crippen molar-refractivity contribution in [1.82, 2.24) is 20.2 Å². The summed E-state index contributed by atoms with van der Waals surface area (Å²) >= 11 is 0. The molecule has 0 spiro atoms. The van der Waals surface area contributed by atoms with E-state index < -0.39 is 0 Å². The molecule has 5 nitrogen and oxygen atoms in total. The molecule has 0 aliphatic carbocycles. The Balaban J connectivity index is 1.72. The molecule has 2 heterocycles. The highest BCUT2D eigenvalue weighted by Crippen LogP contribution is 2.20. The third kappa shape index (κ3) is 3.08. The monoisotopic (exact) mass is 280 g/mol. The summed E-state index contributed by atoms with van der Waals surface area (Å²) in [6.07, 6.45) is 3.46. The minimum atomic E-state index is 0.359. The third-order valence-corrected chi connectivity index (χ3v) is 3.16. The molecule has 0 saturated carbocycles. The summed E-state index contributed by atoms with van der Waals surface area (Å²) in [4.78, 5) is 8.48. The minimum absolute atomic E-state index is 0.359. The quantitative estimate of drug-likeness (QED) is 0.797. The fourth-order valence-electron chi connectivity index (χ4n) is 1.99.